The van der Waals surface area contributed by atoms with Crippen molar-refractivity contribution in [2.45, 2.75) is 18.9 Å². The van der Waals surface area contributed by atoms with Crippen LogP contribution in [0.4, 0.5) is 0 Å². The van der Waals surface area contributed by atoms with Crippen molar-refractivity contribution < 1.29 is 19.5 Å². The molecule has 0 aromatic rings. The summed E-state index contributed by atoms with van der Waals surface area (Å²) in [5.41, 5.74) is 0. The van der Waals surface area contributed by atoms with Crippen LogP contribution in [-0.2, 0) is 14.4 Å². The molecule has 1 unspecified atom stereocenters. The summed E-state index contributed by atoms with van der Waals surface area (Å²) in [5.74, 6) is -1.99. The van der Waals surface area contributed by atoms with Gasteiger partial charge >= 0.3 is 5.97 Å². The Morgan fingerprint density at radius 2 is 2.20 bits per heavy atom. The maximum atomic E-state index is 11.2. The normalized spacial score (nSPS) is 21.1. The van der Waals surface area contributed by atoms with Gasteiger partial charge in [-0.15, -0.1) is 0 Å². The van der Waals surface area contributed by atoms with Crippen LogP contribution in [0.2, 0.25) is 0 Å². The third-order valence-electron chi connectivity index (χ3n) is 1.98. The lowest BCUT2D eigenvalue weighted by Crippen LogP contribution is -2.49. The summed E-state index contributed by atoms with van der Waals surface area (Å²) in [6, 6.07) is -0.551. The van der Waals surface area contributed by atoms with Crippen LogP contribution in [0, 0.1) is 0 Å². The molecule has 0 spiro atoms. The van der Waals surface area contributed by atoms with Crippen LogP contribution >= 0.6 is 0 Å². The molecule has 0 aromatic carbocycles. The molecule has 1 saturated heterocycles. The lowest BCUT2D eigenvalue weighted by atomic mass is 10.1. The number of carboxylic acid groups (broad SMARTS) is 1. The quantitative estimate of drug-likeness (QED) is 0.524. The van der Waals surface area contributed by atoms with E-state index >= 15 is 0 Å². The molecule has 3 N–H and O–H groups in total. The van der Waals surface area contributed by atoms with Crippen molar-refractivity contribution in [2.75, 3.05) is 6.54 Å². The van der Waals surface area contributed by atoms with Crippen LogP contribution in [-0.4, -0.2) is 35.5 Å². The van der Waals surface area contributed by atoms with Gasteiger partial charge in [-0.05, 0) is 12.8 Å². The predicted octanol–water partition coefficient (Wildman–Crippen LogP) is -0.978. The summed E-state index contributed by atoms with van der Waals surface area (Å²) < 4.78 is 0. The molecule has 0 aliphatic carbocycles. The third-order valence-corrected chi connectivity index (χ3v) is 1.98. The third kappa shape index (κ3) is 3.80. The van der Waals surface area contributed by atoms with Crippen molar-refractivity contribution >= 4 is 17.8 Å². The van der Waals surface area contributed by atoms with Crippen LogP contribution in [0.5, 0.6) is 0 Å². The van der Waals surface area contributed by atoms with Crippen LogP contribution in [0.1, 0.15) is 12.8 Å². The average Bonchev–Trinajstić information content (AvgIpc) is 2.18. The average molecular weight is 212 g/mol. The van der Waals surface area contributed by atoms with E-state index in [0.29, 0.717) is 13.0 Å². The number of amides is 2. The van der Waals surface area contributed by atoms with Crippen molar-refractivity contribution in [1.29, 1.82) is 0 Å². The minimum atomic E-state index is -1.20. The monoisotopic (exact) mass is 212 g/mol. The van der Waals surface area contributed by atoms with E-state index in [0.717, 1.165) is 18.6 Å². The first-order valence-electron chi connectivity index (χ1n) is 4.59. The number of hydrogen-bond acceptors (Lipinski definition) is 3. The van der Waals surface area contributed by atoms with Gasteiger partial charge in [0, 0.05) is 18.7 Å². The van der Waals surface area contributed by atoms with Crippen LogP contribution in [0.3, 0.4) is 0 Å². The van der Waals surface area contributed by atoms with Crippen molar-refractivity contribution in [3.05, 3.63) is 12.2 Å². The summed E-state index contributed by atoms with van der Waals surface area (Å²) in [4.78, 5) is 32.4. The fourth-order valence-electron chi connectivity index (χ4n) is 1.28. The molecule has 0 radical (unpaired) electrons. The number of carbonyl (C=O) groups excluding carboxylic acids is 2. The maximum Gasteiger partial charge on any atom is 0.328 e. The second-order valence-corrected chi connectivity index (χ2v) is 3.17. The van der Waals surface area contributed by atoms with Gasteiger partial charge in [0.2, 0.25) is 11.8 Å². The Bertz CT molecular complexity index is 311. The van der Waals surface area contributed by atoms with E-state index in [9.17, 15) is 14.4 Å². The molecule has 1 rings (SSSR count). The minimum Gasteiger partial charge on any atom is -0.478 e. The number of carbonyl (C=O) groups is 3. The predicted molar refractivity (Wildman–Crippen MR) is 51.0 cm³/mol. The van der Waals surface area contributed by atoms with Crippen LogP contribution < -0.4 is 10.6 Å². The largest absolute Gasteiger partial charge is 0.478 e. The zero-order valence-electron chi connectivity index (χ0n) is 8.03. The summed E-state index contributed by atoms with van der Waals surface area (Å²) in [7, 11) is 0. The topological polar surface area (TPSA) is 95.5 Å². The summed E-state index contributed by atoms with van der Waals surface area (Å²) in [6.45, 7) is 0.621. The molecule has 1 aliphatic heterocycles. The molecule has 6 nitrogen and oxygen atoms in total. The van der Waals surface area contributed by atoms with E-state index in [1.54, 1.807) is 0 Å². The molecular weight excluding hydrogens is 200 g/mol. The van der Waals surface area contributed by atoms with E-state index in [2.05, 4.69) is 10.6 Å². The lowest BCUT2D eigenvalue weighted by molar-refractivity contribution is -0.131. The Labute approximate surface area is 86.3 Å². The molecule has 2 amide bonds. The highest BCUT2D eigenvalue weighted by atomic mass is 16.4. The highest BCUT2D eigenvalue weighted by molar-refractivity contribution is 5.96. The fraction of sp³-hybridized carbons (Fsp3) is 0.444. The van der Waals surface area contributed by atoms with E-state index < -0.39 is 17.9 Å². The minimum absolute atomic E-state index is 0.224. The Morgan fingerprint density at radius 3 is 2.80 bits per heavy atom. The van der Waals surface area contributed by atoms with E-state index in [1.807, 2.05) is 0 Å². The van der Waals surface area contributed by atoms with Gasteiger partial charge in [-0.1, -0.05) is 0 Å². The van der Waals surface area contributed by atoms with Gasteiger partial charge in [0.1, 0.15) is 6.04 Å². The van der Waals surface area contributed by atoms with Crippen molar-refractivity contribution in [3.8, 4) is 0 Å². The summed E-state index contributed by atoms with van der Waals surface area (Å²) >= 11 is 0. The van der Waals surface area contributed by atoms with Crippen molar-refractivity contribution in [3.63, 3.8) is 0 Å². The smallest absolute Gasteiger partial charge is 0.328 e. The molecule has 0 bridgehead atoms. The standard InChI is InChI=1S/C9H12N2O4/c12-7(3-4-8(13)14)11-6-2-1-5-10-9(6)15/h3-4,6H,1-2,5H2,(H,10,15)(H,11,12)(H,13,14)/b4-3-. The van der Waals surface area contributed by atoms with Crippen molar-refractivity contribution in [1.82, 2.24) is 10.6 Å². The second kappa shape index (κ2) is 5.14. The molecule has 0 saturated carbocycles. The Morgan fingerprint density at radius 1 is 1.47 bits per heavy atom. The number of piperidine rings is 1. The number of nitrogens with one attached hydrogen (secondary N) is 2. The number of carboxylic acids is 1. The van der Waals surface area contributed by atoms with E-state index in [-0.39, 0.29) is 5.91 Å². The molecule has 6 heteroatoms. The maximum absolute atomic E-state index is 11.2. The number of rotatable bonds is 3. The van der Waals surface area contributed by atoms with Crippen LogP contribution in [0.15, 0.2) is 12.2 Å². The summed E-state index contributed by atoms with van der Waals surface area (Å²) in [5, 5.41) is 13.3. The Hall–Kier alpha value is -1.85. The van der Waals surface area contributed by atoms with Gasteiger partial charge in [0.25, 0.3) is 0 Å². The van der Waals surface area contributed by atoms with Gasteiger partial charge in [-0.3, -0.25) is 9.59 Å². The first-order chi connectivity index (χ1) is 7.09. The lowest BCUT2D eigenvalue weighted by Gasteiger charge is -2.21. The number of hydrogen-bond donors (Lipinski definition) is 3. The van der Waals surface area contributed by atoms with Gasteiger partial charge in [0.05, 0.1) is 0 Å². The Balaban J connectivity index is 2.43. The molecule has 15 heavy (non-hydrogen) atoms. The highest BCUT2D eigenvalue weighted by Crippen LogP contribution is 2.02. The molecule has 82 valence electrons. The fourth-order valence-corrected chi connectivity index (χ4v) is 1.28. The summed E-state index contributed by atoms with van der Waals surface area (Å²) in [6.07, 6.45) is 3.01. The van der Waals surface area contributed by atoms with Crippen molar-refractivity contribution in [2.24, 2.45) is 0 Å². The zero-order chi connectivity index (χ0) is 11.3. The van der Waals surface area contributed by atoms with E-state index in [1.165, 1.54) is 0 Å². The van der Waals surface area contributed by atoms with Crippen LogP contribution in [0.25, 0.3) is 0 Å². The highest BCUT2D eigenvalue weighted by Gasteiger charge is 2.22. The first-order valence-corrected chi connectivity index (χ1v) is 4.59. The van der Waals surface area contributed by atoms with E-state index in [4.69, 9.17) is 5.11 Å². The number of aliphatic carboxylic acids is 1. The molecule has 1 aliphatic rings. The molecule has 1 atom stereocenters. The second-order valence-electron chi connectivity index (χ2n) is 3.17. The molecule has 1 heterocycles. The SMILES string of the molecule is O=C(O)/C=C\C(=O)NC1CCCNC1=O. The molecular formula is C9H12N2O4. The van der Waals surface area contributed by atoms with Gasteiger partial charge in [-0.2, -0.15) is 0 Å². The van der Waals surface area contributed by atoms with Gasteiger partial charge < -0.3 is 15.7 Å². The first kappa shape index (κ1) is 11.2. The van der Waals surface area contributed by atoms with Gasteiger partial charge in [-0.25, -0.2) is 4.79 Å². The molecule has 1 fully saturated rings. The zero-order valence-corrected chi connectivity index (χ0v) is 8.03. The Kier molecular flexibility index (Phi) is 3.84. The molecule has 0 aromatic heterocycles. The van der Waals surface area contributed by atoms with Gasteiger partial charge in [0.15, 0.2) is 0 Å².